The summed E-state index contributed by atoms with van der Waals surface area (Å²) in [5, 5.41) is 10.3. The molecule has 0 aliphatic rings. The van der Waals surface area contributed by atoms with Crippen molar-refractivity contribution in [2.75, 3.05) is 37.4 Å². The van der Waals surface area contributed by atoms with Crippen molar-refractivity contribution in [2.24, 2.45) is 7.05 Å². The molecule has 0 aliphatic heterocycles. The number of nitrogens with one attached hydrogen (secondary N) is 2. The average Bonchev–Trinajstić information content (AvgIpc) is 2.76. The molecule has 0 saturated carbocycles. The quantitative estimate of drug-likeness (QED) is 0.769. The summed E-state index contributed by atoms with van der Waals surface area (Å²) in [5.41, 5.74) is 3.12. The lowest BCUT2D eigenvalue weighted by molar-refractivity contribution is 0.0954. The highest BCUT2D eigenvalue weighted by atomic mass is 16.1. The van der Waals surface area contributed by atoms with E-state index in [1.54, 1.807) is 4.68 Å². The molecule has 8 nitrogen and oxygen atoms in total. The Labute approximate surface area is 142 Å². The third kappa shape index (κ3) is 4.01. The second kappa shape index (κ2) is 7.29. The smallest absolute Gasteiger partial charge is 0.255 e. The van der Waals surface area contributed by atoms with Crippen molar-refractivity contribution in [3.05, 3.63) is 28.7 Å². The van der Waals surface area contributed by atoms with Gasteiger partial charge in [0, 0.05) is 51.7 Å². The molecule has 0 bridgehead atoms. The van der Waals surface area contributed by atoms with Crippen LogP contribution in [0.3, 0.4) is 0 Å². The predicted octanol–water partition coefficient (Wildman–Crippen LogP) is 1.04. The van der Waals surface area contributed by atoms with Crippen LogP contribution in [0.25, 0.3) is 0 Å². The van der Waals surface area contributed by atoms with Gasteiger partial charge in [0.25, 0.3) is 5.91 Å². The highest BCUT2D eigenvalue weighted by Crippen LogP contribution is 2.12. The topological polar surface area (TPSA) is 88.0 Å². The molecule has 24 heavy (non-hydrogen) atoms. The van der Waals surface area contributed by atoms with E-state index in [1.807, 2.05) is 52.9 Å². The van der Waals surface area contributed by atoms with Gasteiger partial charge in [-0.2, -0.15) is 10.1 Å². The van der Waals surface area contributed by atoms with Crippen LogP contribution in [0.1, 0.15) is 27.4 Å². The first-order valence-corrected chi connectivity index (χ1v) is 7.85. The van der Waals surface area contributed by atoms with Crippen LogP contribution in [-0.4, -0.2) is 52.8 Å². The summed E-state index contributed by atoms with van der Waals surface area (Å²) in [7, 11) is 5.70. The fourth-order valence-electron chi connectivity index (χ4n) is 2.40. The zero-order valence-corrected chi connectivity index (χ0v) is 15.1. The molecule has 0 saturated heterocycles. The molecular weight excluding hydrogens is 306 g/mol. The van der Waals surface area contributed by atoms with E-state index in [1.165, 1.54) is 0 Å². The van der Waals surface area contributed by atoms with Crippen molar-refractivity contribution in [3.8, 4) is 0 Å². The second-order valence-corrected chi connectivity index (χ2v) is 5.94. The minimum atomic E-state index is -0.112. The number of rotatable bonds is 6. The number of hydrogen-bond donors (Lipinski definition) is 2. The molecular formula is C16H25N7O. The van der Waals surface area contributed by atoms with Crippen LogP contribution < -0.4 is 15.5 Å². The molecule has 0 fully saturated rings. The largest absolute Gasteiger partial charge is 0.363 e. The van der Waals surface area contributed by atoms with E-state index in [0.717, 1.165) is 22.9 Å². The van der Waals surface area contributed by atoms with Gasteiger partial charge < -0.3 is 15.5 Å². The third-order valence-corrected chi connectivity index (χ3v) is 3.73. The molecule has 0 unspecified atom stereocenters. The Hall–Kier alpha value is -2.64. The number of carbonyl (C=O) groups excluding carboxylic acids is 1. The summed E-state index contributed by atoms with van der Waals surface area (Å²) in [6.45, 7) is 6.66. The van der Waals surface area contributed by atoms with E-state index in [0.29, 0.717) is 24.6 Å². The molecule has 130 valence electrons. The monoisotopic (exact) mass is 331 g/mol. The van der Waals surface area contributed by atoms with Crippen molar-refractivity contribution >= 4 is 17.7 Å². The molecule has 1 amide bonds. The fraction of sp³-hybridized carbons (Fsp3) is 0.500. The lowest BCUT2D eigenvalue weighted by Gasteiger charge is -2.14. The second-order valence-electron chi connectivity index (χ2n) is 5.94. The summed E-state index contributed by atoms with van der Waals surface area (Å²) in [6, 6.07) is 1.92. The molecule has 0 aliphatic carbocycles. The van der Waals surface area contributed by atoms with Gasteiger partial charge in [0.1, 0.15) is 5.82 Å². The highest BCUT2D eigenvalue weighted by Gasteiger charge is 2.16. The molecule has 8 heteroatoms. The molecule has 2 aromatic rings. The lowest BCUT2D eigenvalue weighted by atomic mass is 10.2. The number of nitrogens with zero attached hydrogens (tertiary/aromatic N) is 5. The van der Waals surface area contributed by atoms with E-state index in [2.05, 4.69) is 25.7 Å². The molecule has 2 rings (SSSR count). The van der Waals surface area contributed by atoms with Crippen molar-refractivity contribution < 1.29 is 4.79 Å². The van der Waals surface area contributed by atoms with E-state index >= 15 is 0 Å². The van der Waals surface area contributed by atoms with Crippen LogP contribution in [0.4, 0.5) is 11.8 Å². The van der Waals surface area contributed by atoms with Crippen molar-refractivity contribution in [1.82, 2.24) is 25.1 Å². The van der Waals surface area contributed by atoms with E-state index in [-0.39, 0.29) is 5.91 Å². The number of carbonyl (C=O) groups is 1. The first-order valence-electron chi connectivity index (χ1n) is 7.85. The number of hydrogen-bond acceptors (Lipinski definition) is 6. The Balaban J connectivity index is 1.90. The summed E-state index contributed by atoms with van der Waals surface area (Å²) in [6.07, 6.45) is 0. The summed E-state index contributed by atoms with van der Waals surface area (Å²) in [4.78, 5) is 23.0. The minimum Gasteiger partial charge on any atom is -0.363 e. The molecule has 0 aromatic carbocycles. The van der Waals surface area contributed by atoms with E-state index in [9.17, 15) is 4.79 Å². The molecule has 0 spiro atoms. The third-order valence-electron chi connectivity index (χ3n) is 3.73. The summed E-state index contributed by atoms with van der Waals surface area (Å²) in [5.74, 6) is 1.29. The maximum absolute atomic E-state index is 12.3. The SMILES string of the molecule is Cc1cc(N(C)C)nc(NCCNC(=O)c2c(C)nn(C)c2C)n1. The Morgan fingerprint density at radius 1 is 1.21 bits per heavy atom. The predicted molar refractivity (Wildman–Crippen MR) is 94.6 cm³/mol. The zero-order valence-electron chi connectivity index (χ0n) is 15.1. The number of aryl methyl sites for hydroxylation is 3. The maximum Gasteiger partial charge on any atom is 0.255 e. The standard InChI is InChI=1S/C16H25N7O/c1-10-9-13(22(4)5)20-16(19-10)18-8-7-17-15(24)14-11(2)21-23(6)12(14)3/h9H,7-8H2,1-6H3,(H,17,24)(H,18,19,20). The fourth-order valence-corrected chi connectivity index (χ4v) is 2.40. The summed E-state index contributed by atoms with van der Waals surface area (Å²) < 4.78 is 1.71. The minimum absolute atomic E-state index is 0.112. The van der Waals surface area contributed by atoms with Gasteiger partial charge in [0.15, 0.2) is 0 Å². The normalized spacial score (nSPS) is 10.6. The van der Waals surface area contributed by atoms with Crippen LogP contribution in [0.5, 0.6) is 0 Å². The molecule has 0 radical (unpaired) electrons. The van der Waals surface area contributed by atoms with Gasteiger partial charge >= 0.3 is 0 Å². The van der Waals surface area contributed by atoms with Crippen LogP contribution in [-0.2, 0) is 7.05 Å². The van der Waals surface area contributed by atoms with Crippen LogP contribution >= 0.6 is 0 Å². The van der Waals surface area contributed by atoms with Gasteiger partial charge in [-0.15, -0.1) is 0 Å². The molecule has 2 heterocycles. The first-order chi connectivity index (χ1) is 11.3. The molecule has 2 N–H and O–H groups in total. The van der Waals surface area contributed by atoms with Crippen LogP contribution in [0.2, 0.25) is 0 Å². The molecule has 0 atom stereocenters. The number of amides is 1. The number of anilines is 2. The zero-order chi connectivity index (χ0) is 17.9. The molecule has 2 aromatic heterocycles. The highest BCUT2D eigenvalue weighted by molar-refractivity contribution is 5.96. The van der Waals surface area contributed by atoms with Gasteiger partial charge in [0.05, 0.1) is 11.3 Å². The van der Waals surface area contributed by atoms with Crippen LogP contribution in [0.15, 0.2) is 6.07 Å². The first kappa shape index (κ1) is 17.7. The summed E-state index contributed by atoms with van der Waals surface area (Å²) >= 11 is 0. The Kier molecular flexibility index (Phi) is 5.38. The van der Waals surface area contributed by atoms with Crippen molar-refractivity contribution in [3.63, 3.8) is 0 Å². The van der Waals surface area contributed by atoms with Crippen molar-refractivity contribution in [1.29, 1.82) is 0 Å². The van der Waals surface area contributed by atoms with Crippen LogP contribution in [0, 0.1) is 20.8 Å². The Morgan fingerprint density at radius 2 is 1.92 bits per heavy atom. The van der Waals surface area contributed by atoms with E-state index in [4.69, 9.17) is 0 Å². The van der Waals surface area contributed by atoms with Gasteiger partial charge in [-0.3, -0.25) is 9.48 Å². The van der Waals surface area contributed by atoms with Gasteiger partial charge in [-0.25, -0.2) is 4.98 Å². The lowest BCUT2D eigenvalue weighted by Crippen LogP contribution is -2.30. The maximum atomic E-state index is 12.3. The number of aromatic nitrogens is 4. The van der Waals surface area contributed by atoms with Gasteiger partial charge in [-0.05, 0) is 20.8 Å². The average molecular weight is 331 g/mol. The van der Waals surface area contributed by atoms with Crippen molar-refractivity contribution in [2.45, 2.75) is 20.8 Å². The Bertz CT molecular complexity index is 736. The van der Waals surface area contributed by atoms with Gasteiger partial charge in [0.2, 0.25) is 5.95 Å². The van der Waals surface area contributed by atoms with E-state index < -0.39 is 0 Å². The van der Waals surface area contributed by atoms with Gasteiger partial charge in [-0.1, -0.05) is 0 Å². The Morgan fingerprint density at radius 3 is 2.50 bits per heavy atom.